The summed E-state index contributed by atoms with van der Waals surface area (Å²) in [4.78, 5) is 19.5. The second-order valence-electron chi connectivity index (χ2n) is 3.96. The maximum atomic E-state index is 11.8. The van der Waals surface area contributed by atoms with Crippen LogP contribution in [0.1, 0.15) is 23.0 Å². The summed E-state index contributed by atoms with van der Waals surface area (Å²) in [5.74, 6) is 0.331. The number of nitrogens with one attached hydrogen (secondary N) is 1. The summed E-state index contributed by atoms with van der Waals surface area (Å²) in [6, 6.07) is 7.43. The van der Waals surface area contributed by atoms with Crippen LogP contribution in [0, 0.1) is 0 Å². The lowest BCUT2D eigenvalue weighted by atomic mass is 10.1. The molecule has 20 heavy (non-hydrogen) atoms. The van der Waals surface area contributed by atoms with Gasteiger partial charge in [-0.25, -0.2) is 10.4 Å². The molecule has 2 rings (SSSR count). The molecule has 0 atom stereocenters. The SMILES string of the molecule is COc1cccc(/C(C)=N/NC(=O)c2cnccn2)c1. The average Bonchev–Trinajstić information content (AvgIpc) is 2.53. The zero-order valence-electron chi connectivity index (χ0n) is 11.2. The van der Waals surface area contributed by atoms with Crippen LogP contribution in [0.25, 0.3) is 0 Å². The van der Waals surface area contributed by atoms with E-state index in [1.807, 2.05) is 24.3 Å². The summed E-state index contributed by atoms with van der Waals surface area (Å²) < 4.78 is 5.14. The third kappa shape index (κ3) is 3.38. The first kappa shape index (κ1) is 13.7. The van der Waals surface area contributed by atoms with Crippen LogP contribution < -0.4 is 10.2 Å². The van der Waals surface area contributed by atoms with Crippen LogP contribution in [0.4, 0.5) is 0 Å². The Labute approximate surface area is 116 Å². The minimum absolute atomic E-state index is 0.217. The van der Waals surface area contributed by atoms with Crippen molar-refractivity contribution in [2.75, 3.05) is 7.11 Å². The normalized spacial score (nSPS) is 11.0. The molecule has 0 saturated heterocycles. The Kier molecular flexibility index (Phi) is 4.39. The highest BCUT2D eigenvalue weighted by molar-refractivity contribution is 6.00. The zero-order valence-corrected chi connectivity index (χ0v) is 11.2. The largest absolute Gasteiger partial charge is 0.497 e. The lowest BCUT2D eigenvalue weighted by molar-refractivity contribution is 0.0949. The van der Waals surface area contributed by atoms with Crippen molar-refractivity contribution in [3.8, 4) is 5.75 Å². The molecule has 0 bridgehead atoms. The fourth-order valence-electron chi connectivity index (χ4n) is 1.52. The summed E-state index contributed by atoms with van der Waals surface area (Å²) in [5.41, 5.74) is 4.19. The molecule has 1 heterocycles. The van der Waals surface area contributed by atoms with Gasteiger partial charge in [-0.15, -0.1) is 0 Å². The predicted molar refractivity (Wildman–Crippen MR) is 74.7 cm³/mol. The molecule has 1 aromatic heterocycles. The van der Waals surface area contributed by atoms with Crippen molar-refractivity contribution in [3.05, 3.63) is 54.1 Å². The molecule has 1 amide bonds. The van der Waals surface area contributed by atoms with Gasteiger partial charge in [0.05, 0.1) is 19.0 Å². The van der Waals surface area contributed by atoms with Crippen LogP contribution >= 0.6 is 0 Å². The van der Waals surface area contributed by atoms with Gasteiger partial charge in [-0.2, -0.15) is 5.10 Å². The molecular formula is C14H14N4O2. The van der Waals surface area contributed by atoms with Gasteiger partial charge in [0.1, 0.15) is 11.4 Å². The molecule has 0 aliphatic carbocycles. The Morgan fingerprint density at radius 1 is 1.35 bits per heavy atom. The first-order chi connectivity index (χ1) is 9.70. The van der Waals surface area contributed by atoms with Crippen molar-refractivity contribution in [1.82, 2.24) is 15.4 Å². The first-order valence-electron chi connectivity index (χ1n) is 5.96. The molecule has 0 spiro atoms. The summed E-state index contributed by atoms with van der Waals surface area (Å²) in [5, 5.41) is 4.04. The summed E-state index contributed by atoms with van der Waals surface area (Å²) in [6.45, 7) is 1.80. The van der Waals surface area contributed by atoms with E-state index in [0.717, 1.165) is 11.3 Å². The molecule has 0 fully saturated rings. The number of methoxy groups -OCH3 is 1. The van der Waals surface area contributed by atoms with Crippen LogP contribution in [0.2, 0.25) is 0 Å². The fourth-order valence-corrected chi connectivity index (χ4v) is 1.52. The molecule has 0 saturated carbocycles. The number of benzene rings is 1. The fraction of sp³-hybridized carbons (Fsp3) is 0.143. The molecule has 0 radical (unpaired) electrons. The monoisotopic (exact) mass is 270 g/mol. The summed E-state index contributed by atoms with van der Waals surface area (Å²) in [7, 11) is 1.60. The molecule has 6 heteroatoms. The Morgan fingerprint density at radius 2 is 2.20 bits per heavy atom. The van der Waals surface area contributed by atoms with Gasteiger partial charge in [0.2, 0.25) is 0 Å². The Bertz CT molecular complexity index is 626. The van der Waals surface area contributed by atoms with Gasteiger partial charge in [0.15, 0.2) is 0 Å². The molecule has 6 nitrogen and oxygen atoms in total. The number of carbonyl (C=O) groups excluding carboxylic acids is 1. The van der Waals surface area contributed by atoms with Crippen LogP contribution in [0.15, 0.2) is 48.0 Å². The van der Waals surface area contributed by atoms with Gasteiger partial charge in [-0.1, -0.05) is 12.1 Å². The topological polar surface area (TPSA) is 76.5 Å². The van der Waals surface area contributed by atoms with E-state index in [0.29, 0.717) is 5.71 Å². The maximum absolute atomic E-state index is 11.8. The quantitative estimate of drug-likeness (QED) is 0.677. The highest BCUT2D eigenvalue weighted by Crippen LogP contribution is 2.13. The summed E-state index contributed by atoms with van der Waals surface area (Å²) in [6.07, 6.45) is 4.33. The van der Waals surface area contributed by atoms with Crippen molar-refractivity contribution in [1.29, 1.82) is 0 Å². The number of carbonyl (C=O) groups is 1. The number of aromatic nitrogens is 2. The van der Waals surface area contributed by atoms with E-state index in [4.69, 9.17) is 4.74 Å². The number of hydrazone groups is 1. The third-order valence-electron chi connectivity index (χ3n) is 2.61. The smallest absolute Gasteiger partial charge is 0.291 e. The van der Waals surface area contributed by atoms with Gasteiger partial charge in [0.25, 0.3) is 5.91 Å². The molecule has 2 aromatic rings. The van der Waals surface area contributed by atoms with Gasteiger partial charge in [-0.05, 0) is 19.1 Å². The molecule has 0 aliphatic heterocycles. The standard InChI is InChI=1S/C14H14N4O2/c1-10(11-4-3-5-12(8-11)20-2)17-18-14(19)13-9-15-6-7-16-13/h3-9H,1-2H3,(H,18,19)/b17-10+. The molecular weight excluding hydrogens is 256 g/mol. The van der Waals surface area contributed by atoms with E-state index in [-0.39, 0.29) is 5.69 Å². The number of amides is 1. The van der Waals surface area contributed by atoms with Crippen molar-refractivity contribution >= 4 is 11.6 Å². The van der Waals surface area contributed by atoms with E-state index in [2.05, 4.69) is 20.5 Å². The second-order valence-corrected chi connectivity index (χ2v) is 3.96. The molecule has 102 valence electrons. The predicted octanol–water partition coefficient (Wildman–Crippen LogP) is 1.64. The van der Waals surface area contributed by atoms with Crippen molar-refractivity contribution in [2.24, 2.45) is 5.10 Å². The maximum Gasteiger partial charge on any atom is 0.291 e. The van der Waals surface area contributed by atoms with E-state index < -0.39 is 5.91 Å². The summed E-state index contributed by atoms with van der Waals surface area (Å²) >= 11 is 0. The van der Waals surface area contributed by atoms with E-state index >= 15 is 0 Å². The number of hydrogen-bond acceptors (Lipinski definition) is 5. The van der Waals surface area contributed by atoms with Gasteiger partial charge >= 0.3 is 0 Å². The number of ether oxygens (including phenoxy) is 1. The molecule has 1 N–H and O–H groups in total. The van der Waals surface area contributed by atoms with Gasteiger partial charge in [-0.3, -0.25) is 9.78 Å². The Morgan fingerprint density at radius 3 is 2.90 bits per heavy atom. The van der Waals surface area contributed by atoms with Crippen molar-refractivity contribution in [3.63, 3.8) is 0 Å². The highest BCUT2D eigenvalue weighted by atomic mass is 16.5. The lowest BCUT2D eigenvalue weighted by Gasteiger charge is -2.04. The van der Waals surface area contributed by atoms with Gasteiger partial charge in [0, 0.05) is 18.0 Å². The number of hydrogen-bond donors (Lipinski definition) is 1. The van der Waals surface area contributed by atoms with E-state index in [1.165, 1.54) is 18.6 Å². The molecule has 0 aliphatic rings. The van der Waals surface area contributed by atoms with Crippen molar-refractivity contribution in [2.45, 2.75) is 6.92 Å². The Balaban J connectivity index is 2.09. The van der Waals surface area contributed by atoms with Crippen molar-refractivity contribution < 1.29 is 9.53 Å². The van der Waals surface area contributed by atoms with Gasteiger partial charge < -0.3 is 4.74 Å². The number of rotatable bonds is 4. The highest BCUT2D eigenvalue weighted by Gasteiger charge is 2.06. The second kappa shape index (κ2) is 6.42. The zero-order chi connectivity index (χ0) is 14.4. The molecule has 0 unspecified atom stereocenters. The van der Waals surface area contributed by atoms with Crippen LogP contribution in [0.5, 0.6) is 5.75 Å². The first-order valence-corrected chi connectivity index (χ1v) is 5.96. The van der Waals surface area contributed by atoms with Crippen LogP contribution in [0.3, 0.4) is 0 Å². The minimum Gasteiger partial charge on any atom is -0.497 e. The van der Waals surface area contributed by atoms with E-state index in [9.17, 15) is 4.79 Å². The lowest BCUT2D eigenvalue weighted by Crippen LogP contribution is -2.20. The Hall–Kier alpha value is -2.76. The number of nitrogens with zero attached hydrogens (tertiary/aromatic N) is 3. The minimum atomic E-state index is -0.402. The molecule has 1 aromatic carbocycles. The van der Waals surface area contributed by atoms with Crippen LogP contribution in [-0.4, -0.2) is 28.7 Å². The average molecular weight is 270 g/mol. The van der Waals surface area contributed by atoms with Crippen LogP contribution in [-0.2, 0) is 0 Å². The third-order valence-corrected chi connectivity index (χ3v) is 2.61. The van der Waals surface area contributed by atoms with E-state index in [1.54, 1.807) is 14.0 Å².